The quantitative estimate of drug-likeness (QED) is 0.673. The summed E-state index contributed by atoms with van der Waals surface area (Å²) in [6.45, 7) is 2.65. The number of rotatable bonds is 4. The zero-order valence-electron chi connectivity index (χ0n) is 10.4. The molecule has 2 aromatic carbocycles. The van der Waals surface area contributed by atoms with Gasteiger partial charge in [-0.05, 0) is 18.6 Å². The third-order valence-corrected chi connectivity index (χ3v) is 3.04. The van der Waals surface area contributed by atoms with Gasteiger partial charge in [-0.25, -0.2) is 0 Å². The Morgan fingerprint density at radius 2 is 2.05 bits per heavy atom. The number of halogens is 1. The summed E-state index contributed by atoms with van der Waals surface area (Å²) >= 11 is 6.00. The molecule has 0 fully saturated rings. The Balaban J connectivity index is 2.10. The highest BCUT2D eigenvalue weighted by Gasteiger charge is 2.08. The van der Waals surface area contributed by atoms with Crippen molar-refractivity contribution in [2.24, 2.45) is 0 Å². The van der Waals surface area contributed by atoms with E-state index in [-0.39, 0.29) is 5.69 Å². The van der Waals surface area contributed by atoms with Gasteiger partial charge in [-0.15, -0.1) is 0 Å². The first-order valence-corrected chi connectivity index (χ1v) is 6.17. The van der Waals surface area contributed by atoms with E-state index >= 15 is 0 Å². The second-order valence-corrected chi connectivity index (χ2v) is 4.67. The van der Waals surface area contributed by atoms with Gasteiger partial charge in [-0.3, -0.25) is 10.1 Å². The van der Waals surface area contributed by atoms with Crippen LogP contribution in [0, 0.1) is 17.0 Å². The average molecular weight is 277 g/mol. The normalized spacial score (nSPS) is 10.2. The lowest BCUT2D eigenvalue weighted by molar-refractivity contribution is -0.384. The van der Waals surface area contributed by atoms with Crippen LogP contribution >= 0.6 is 11.6 Å². The van der Waals surface area contributed by atoms with Gasteiger partial charge in [0.25, 0.3) is 5.69 Å². The van der Waals surface area contributed by atoms with E-state index in [9.17, 15) is 10.1 Å². The van der Waals surface area contributed by atoms with E-state index in [4.69, 9.17) is 11.6 Å². The van der Waals surface area contributed by atoms with E-state index in [0.717, 1.165) is 5.56 Å². The van der Waals surface area contributed by atoms with Crippen molar-refractivity contribution in [1.82, 2.24) is 0 Å². The molecule has 0 aliphatic carbocycles. The summed E-state index contributed by atoms with van der Waals surface area (Å²) in [7, 11) is 0. The van der Waals surface area contributed by atoms with Gasteiger partial charge >= 0.3 is 0 Å². The van der Waals surface area contributed by atoms with Gasteiger partial charge in [0, 0.05) is 18.7 Å². The lowest BCUT2D eigenvalue weighted by atomic mass is 10.1. The molecule has 5 heteroatoms. The minimum Gasteiger partial charge on any atom is -0.380 e. The largest absolute Gasteiger partial charge is 0.380 e. The van der Waals surface area contributed by atoms with E-state index in [2.05, 4.69) is 11.4 Å². The molecule has 0 aromatic heterocycles. The fourth-order valence-corrected chi connectivity index (χ4v) is 2.02. The van der Waals surface area contributed by atoms with Crippen LogP contribution in [0.2, 0.25) is 5.02 Å². The first-order valence-electron chi connectivity index (χ1n) is 5.79. The van der Waals surface area contributed by atoms with Crippen LogP contribution in [0.4, 0.5) is 11.4 Å². The summed E-state index contributed by atoms with van der Waals surface area (Å²) in [6.07, 6.45) is 0. The summed E-state index contributed by atoms with van der Waals surface area (Å²) in [4.78, 5) is 10.1. The van der Waals surface area contributed by atoms with E-state index in [1.54, 1.807) is 6.07 Å². The van der Waals surface area contributed by atoms with Gasteiger partial charge in [0.05, 0.1) is 15.6 Å². The molecular weight excluding hydrogens is 264 g/mol. The molecule has 0 heterocycles. The van der Waals surface area contributed by atoms with Crippen LogP contribution in [0.25, 0.3) is 0 Å². The van der Waals surface area contributed by atoms with Crippen molar-refractivity contribution in [3.05, 3.63) is 68.7 Å². The molecule has 2 aromatic rings. The van der Waals surface area contributed by atoms with Crippen molar-refractivity contribution in [1.29, 1.82) is 0 Å². The third kappa shape index (κ3) is 3.45. The maximum atomic E-state index is 10.6. The summed E-state index contributed by atoms with van der Waals surface area (Å²) in [6, 6.07) is 12.5. The number of aryl methyl sites for hydroxylation is 1. The molecule has 0 saturated heterocycles. The SMILES string of the molecule is Cc1cccc(CNc2ccc([N+](=O)[O-])cc2Cl)c1. The third-order valence-electron chi connectivity index (χ3n) is 2.73. The molecule has 0 amide bonds. The second-order valence-electron chi connectivity index (χ2n) is 4.26. The Kier molecular flexibility index (Phi) is 4.02. The summed E-state index contributed by atoms with van der Waals surface area (Å²) < 4.78 is 0. The topological polar surface area (TPSA) is 55.2 Å². The van der Waals surface area contributed by atoms with Crippen molar-refractivity contribution in [3.63, 3.8) is 0 Å². The number of nitrogens with zero attached hydrogens (tertiary/aromatic N) is 1. The zero-order valence-corrected chi connectivity index (χ0v) is 11.1. The molecule has 0 atom stereocenters. The number of non-ortho nitro benzene ring substituents is 1. The first kappa shape index (κ1) is 13.4. The Labute approximate surface area is 116 Å². The molecule has 0 spiro atoms. The molecule has 0 aliphatic heterocycles. The number of nitro benzene ring substituents is 1. The maximum Gasteiger partial charge on any atom is 0.271 e. The van der Waals surface area contributed by atoms with E-state index < -0.39 is 4.92 Å². The van der Waals surface area contributed by atoms with Crippen molar-refractivity contribution in [2.45, 2.75) is 13.5 Å². The van der Waals surface area contributed by atoms with Crippen molar-refractivity contribution >= 4 is 23.0 Å². The Bertz CT molecular complexity index is 614. The smallest absolute Gasteiger partial charge is 0.271 e. The monoisotopic (exact) mass is 276 g/mol. The number of nitro groups is 1. The number of hydrogen-bond acceptors (Lipinski definition) is 3. The van der Waals surface area contributed by atoms with Crippen LogP contribution in [-0.2, 0) is 6.54 Å². The average Bonchev–Trinajstić information content (AvgIpc) is 2.37. The van der Waals surface area contributed by atoms with E-state index in [1.165, 1.54) is 17.7 Å². The molecule has 0 bridgehead atoms. The van der Waals surface area contributed by atoms with Crippen LogP contribution in [-0.4, -0.2) is 4.92 Å². The number of benzene rings is 2. The van der Waals surface area contributed by atoms with Gasteiger partial charge < -0.3 is 5.32 Å². The minimum absolute atomic E-state index is 0.00824. The Hall–Kier alpha value is -2.07. The van der Waals surface area contributed by atoms with Crippen LogP contribution in [0.3, 0.4) is 0 Å². The van der Waals surface area contributed by atoms with Gasteiger partial charge in [0.15, 0.2) is 0 Å². The van der Waals surface area contributed by atoms with Crippen molar-refractivity contribution < 1.29 is 4.92 Å². The number of hydrogen-bond donors (Lipinski definition) is 1. The maximum absolute atomic E-state index is 10.6. The highest BCUT2D eigenvalue weighted by Crippen LogP contribution is 2.27. The highest BCUT2D eigenvalue weighted by molar-refractivity contribution is 6.33. The summed E-state index contributed by atoms with van der Waals surface area (Å²) in [5.74, 6) is 0. The second kappa shape index (κ2) is 5.71. The molecule has 0 aliphatic rings. The molecule has 1 N–H and O–H groups in total. The highest BCUT2D eigenvalue weighted by atomic mass is 35.5. The molecule has 0 unspecified atom stereocenters. The fourth-order valence-electron chi connectivity index (χ4n) is 1.78. The van der Waals surface area contributed by atoms with Gasteiger partial charge in [-0.2, -0.15) is 0 Å². The number of nitrogens with one attached hydrogen (secondary N) is 1. The van der Waals surface area contributed by atoms with Gasteiger partial charge in [-0.1, -0.05) is 41.4 Å². The van der Waals surface area contributed by atoms with Crippen LogP contribution in [0.1, 0.15) is 11.1 Å². The van der Waals surface area contributed by atoms with E-state index in [0.29, 0.717) is 17.3 Å². The molecule has 0 radical (unpaired) electrons. The predicted molar refractivity (Wildman–Crippen MR) is 76.6 cm³/mol. The van der Waals surface area contributed by atoms with Crippen molar-refractivity contribution in [3.8, 4) is 0 Å². The fraction of sp³-hybridized carbons (Fsp3) is 0.143. The minimum atomic E-state index is -0.462. The molecule has 98 valence electrons. The standard InChI is InChI=1S/C14H13ClN2O2/c1-10-3-2-4-11(7-10)9-16-14-6-5-12(17(18)19)8-13(14)15/h2-8,16H,9H2,1H3. The Morgan fingerprint density at radius 3 is 2.68 bits per heavy atom. The molecular formula is C14H13ClN2O2. The summed E-state index contributed by atoms with van der Waals surface area (Å²) in [5, 5.41) is 14.1. The van der Waals surface area contributed by atoms with Gasteiger partial charge in [0.1, 0.15) is 0 Å². The lowest BCUT2D eigenvalue weighted by Crippen LogP contribution is -2.00. The zero-order chi connectivity index (χ0) is 13.8. The molecule has 2 rings (SSSR count). The van der Waals surface area contributed by atoms with Crippen molar-refractivity contribution in [2.75, 3.05) is 5.32 Å². The molecule has 0 saturated carbocycles. The van der Waals surface area contributed by atoms with Crippen LogP contribution in [0.5, 0.6) is 0 Å². The molecule has 4 nitrogen and oxygen atoms in total. The first-order chi connectivity index (χ1) is 9.06. The van der Waals surface area contributed by atoms with Gasteiger partial charge in [0.2, 0.25) is 0 Å². The van der Waals surface area contributed by atoms with E-state index in [1.807, 2.05) is 25.1 Å². The van der Waals surface area contributed by atoms with Crippen LogP contribution < -0.4 is 5.32 Å². The lowest BCUT2D eigenvalue weighted by Gasteiger charge is -2.08. The van der Waals surface area contributed by atoms with Crippen LogP contribution in [0.15, 0.2) is 42.5 Å². The number of anilines is 1. The predicted octanol–water partition coefficient (Wildman–Crippen LogP) is 4.17. The Morgan fingerprint density at radius 1 is 1.26 bits per heavy atom. The summed E-state index contributed by atoms with van der Waals surface area (Å²) in [5.41, 5.74) is 3.00. The molecule has 19 heavy (non-hydrogen) atoms.